The molecule has 0 radical (unpaired) electrons. The van der Waals surface area contributed by atoms with Gasteiger partial charge >= 0.3 is 0 Å². The number of amides is 1. The number of anilines is 3. The highest BCUT2D eigenvalue weighted by Crippen LogP contribution is 2.44. The van der Waals surface area contributed by atoms with Crippen LogP contribution in [-0.4, -0.2) is 39.8 Å². The molecule has 2 aliphatic rings. The van der Waals surface area contributed by atoms with E-state index >= 15 is 0 Å². The first-order chi connectivity index (χ1) is 16.7. The van der Waals surface area contributed by atoms with Crippen LogP contribution in [0.4, 0.5) is 22.7 Å². The van der Waals surface area contributed by atoms with Gasteiger partial charge in [-0.3, -0.25) is 14.5 Å². The molecule has 2 aromatic rings. The summed E-state index contributed by atoms with van der Waals surface area (Å²) in [5.41, 5.74) is 3.82. The van der Waals surface area contributed by atoms with Gasteiger partial charge in [0.25, 0.3) is 10.0 Å². The average molecular weight is 499 g/mol. The Hall–Kier alpha value is -2.91. The van der Waals surface area contributed by atoms with Crippen LogP contribution in [0.5, 0.6) is 0 Å². The molecular formula is C26H34N4O4S. The van der Waals surface area contributed by atoms with Crippen LogP contribution in [-0.2, 0) is 19.6 Å². The van der Waals surface area contributed by atoms with E-state index in [2.05, 4.69) is 29.2 Å². The number of carbonyl (C=O) groups excluding carboxylic acids is 1. The summed E-state index contributed by atoms with van der Waals surface area (Å²) in [5.74, 6) is 0.419. The summed E-state index contributed by atoms with van der Waals surface area (Å²) in [6.45, 7) is 8.48. The first-order valence-electron chi connectivity index (χ1n) is 12.1. The Labute approximate surface area is 207 Å². The normalized spacial score (nSPS) is 18.8. The van der Waals surface area contributed by atoms with Gasteiger partial charge in [-0.2, -0.15) is 0 Å². The maximum atomic E-state index is 13.0. The van der Waals surface area contributed by atoms with Crippen LogP contribution in [0.3, 0.4) is 0 Å². The lowest BCUT2D eigenvalue weighted by Crippen LogP contribution is -2.22. The van der Waals surface area contributed by atoms with Crippen molar-refractivity contribution in [3.63, 3.8) is 0 Å². The third-order valence-corrected chi connectivity index (χ3v) is 7.86. The minimum absolute atomic E-state index is 0.0857. The molecule has 1 amide bonds. The van der Waals surface area contributed by atoms with Crippen molar-refractivity contribution in [2.45, 2.75) is 51.3 Å². The monoisotopic (exact) mass is 498 g/mol. The highest BCUT2D eigenvalue weighted by Gasteiger charge is 2.41. The number of ether oxygens (including phenoxy) is 1. The number of sulfonamides is 1. The van der Waals surface area contributed by atoms with E-state index in [1.807, 2.05) is 6.07 Å². The lowest BCUT2D eigenvalue weighted by molar-refractivity contribution is -0.115. The van der Waals surface area contributed by atoms with Gasteiger partial charge in [-0.1, -0.05) is 20.8 Å². The molecule has 8 nitrogen and oxygen atoms in total. The zero-order valence-electron chi connectivity index (χ0n) is 20.6. The zero-order valence-corrected chi connectivity index (χ0v) is 21.4. The molecule has 1 aliphatic carbocycles. The van der Waals surface area contributed by atoms with E-state index in [4.69, 9.17) is 9.73 Å². The van der Waals surface area contributed by atoms with E-state index in [9.17, 15) is 13.2 Å². The molecule has 35 heavy (non-hydrogen) atoms. The molecule has 0 bridgehead atoms. The fourth-order valence-electron chi connectivity index (χ4n) is 3.93. The molecule has 4 rings (SSSR count). The van der Waals surface area contributed by atoms with Gasteiger partial charge in [0.1, 0.15) is 0 Å². The molecule has 2 fully saturated rings. The van der Waals surface area contributed by atoms with Gasteiger partial charge in [0.05, 0.1) is 22.0 Å². The summed E-state index contributed by atoms with van der Waals surface area (Å²) in [4.78, 5) is 16.5. The van der Waals surface area contributed by atoms with Crippen molar-refractivity contribution in [3.8, 4) is 0 Å². The van der Waals surface area contributed by atoms with Crippen LogP contribution in [0.25, 0.3) is 0 Å². The molecule has 0 unspecified atom stereocenters. The summed E-state index contributed by atoms with van der Waals surface area (Å²) in [6.07, 6.45) is 3.35. The number of carbonyl (C=O) groups is 1. The molecule has 1 saturated carbocycles. The molecule has 1 aliphatic heterocycles. The second-order valence-corrected chi connectivity index (χ2v) is 11.5. The Bertz CT molecular complexity index is 1200. The molecule has 2 aromatic carbocycles. The number of rotatable bonds is 9. The second kappa shape index (κ2) is 10.4. The van der Waals surface area contributed by atoms with Crippen LogP contribution >= 0.6 is 0 Å². The maximum absolute atomic E-state index is 13.0. The smallest absolute Gasteiger partial charge is 0.261 e. The average Bonchev–Trinajstić information content (AvgIpc) is 3.44. The first-order valence-corrected chi connectivity index (χ1v) is 13.6. The molecule has 0 atom stereocenters. The molecule has 0 aromatic heterocycles. The van der Waals surface area contributed by atoms with E-state index in [1.165, 1.54) is 12.1 Å². The molecule has 9 heteroatoms. The Morgan fingerprint density at radius 2 is 1.74 bits per heavy atom. The lowest BCUT2D eigenvalue weighted by atomic mass is 10.0. The summed E-state index contributed by atoms with van der Waals surface area (Å²) >= 11 is 0. The van der Waals surface area contributed by atoms with Crippen LogP contribution < -0.4 is 15.4 Å². The largest absolute Gasteiger partial charge is 0.383 e. The number of hydrogen-bond acceptors (Lipinski definition) is 6. The predicted octanol–water partition coefficient (Wildman–Crippen LogP) is 5.18. The van der Waals surface area contributed by atoms with Crippen molar-refractivity contribution < 1.29 is 17.9 Å². The highest BCUT2D eigenvalue weighted by atomic mass is 32.2. The second-order valence-electron chi connectivity index (χ2n) is 9.82. The van der Waals surface area contributed by atoms with Gasteiger partial charge in [-0.05, 0) is 67.6 Å². The van der Waals surface area contributed by atoms with E-state index in [-0.39, 0.29) is 16.2 Å². The van der Waals surface area contributed by atoms with E-state index in [0.717, 1.165) is 56.1 Å². The Morgan fingerprint density at radius 3 is 2.37 bits per heavy atom. The molecular weight excluding hydrogens is 464 g/mol. The summed E-state index contributed by atoms with van der Waals surface area (Å²) < 4.78 is 34.1. The number of hydrogen-bond donors (Lipinski definition) is 3. The van der Waals surface area contributed by atoms with Crippen LogP contribution in [0, 0.1) is 11.3 Å². The van der Waals surface area contributed by atoms with Gasteiger partial charge in [0.15, 0.2) is 0 Å². The van der Waals surface area contributed by atoms with Crippen LogP contribution in [0.15, 0.2) is 52.4 Å². The standard InChI is InChI=1S/C26H34N4O4S/c1-4-25(31)28-19-5-8-21(9-6-19)35(32,33)30-20-7-10-22(27-17-18-11-13-34-14-12-18)23(15-20)29-24-16-26(24,2)3/h5-10,15,18,27,30H,4,11-14,16-17H2,1-3H3,(H,28,31). The molecule has 3 N–H and O–H groups in total. The molecule has 0 spiro atoms. The van der Waals surface area contributed by atoms with Crippen molar-refractivity contribution in [2.24, 2.45) is 16.3 Å². The van der Waals surface area contributed by atoms with Gasteiger partial charge in [-0.25, -0.2) is 8.42 Å². The first kappa shape index (κ1) is 25.2. The van der Waals surface area contributed by atoms with Crippen LogP contribution in [0.2, 0.25) is 0 Å². The van der Waals surface area contributed by atoms with Gasteiger partial charge in [-0.15, -0.1) is 0 Å². The van der Waals surface area contributed by atoms with Crippen molar-refractivity contribution in [2.75, 3.05) is 35.1 Å². The summed E-state index contributed by atoms with van der Waals surface area (Å²) in [7, 11) is -3.80. The van der Waals surface area contributed by atoms with Crippen molar-refractivity contribution in [3.05, 3.63) is 42.5 Å². The zero-order chi connectivity index (χ0) is 25.1. The maximum Gasteiger partial charge on any atom is 0.261 e. The molecule has 1 heterocycles. The Balaban J connectivity index is 1.51. The Kier molecular flexibility index (Phi) is 7.47. The highest BCUT2D eigenvalue weighted by molar-refractivity contribution is 7.92. The van der Waals surface area contributed by atoms with Gasteiger partial charge < -0.3 is 15.4 Å². The fourth-order valence-corrected chi connectivity index (χ4v) is 4.98. The number of aliphatic imine (C=N–C) groups is 1. The summed E-state index contributed by atoms with van der Waals surface area (Å²) in [6, 6.07) is 11.5. The number of nitrogens with zero attached hydrogens (tertiary/aromatic N) is 1. The molecule has 1 saturated heterocycles. The number of nitrogens with one attached hydrogen (secondary N) is 3. The van der Waals surface area contributed by atoms with Crippen molar-refractivity contribution >= 4 is 44.4 Å². The van der Waals surface area contributed by atoms with Crippen molar-refractivity contribution in [1.82, 2.24) is 0 Å². The van der Waals surface area contributed by atoms with Gasteiger partial charge in [0, 0.05) is 43.0 Å². The lowest BCUT2D eigenvalue weighted by Gasteiger charge is -2.23. The third kappa shape index (κ3) is 6.61. The quantitative estimate of drug-likeness (QED) is 0.442. The SMILES string of the molecule is CCC(=O)Nc1ccc(S(=O)(=O)Nc2ccc(NCC3CCOCC3)c(N=C3CC3(C)C)c2)cc1. The predicted molar refractivity (Wildman–Crippen MR) is 140 cm³/mol. The molecule has 188 valence electrons. The van der Waals surface area contributed by atoms with Crippen molar-refractivity contribution in [1.29, 1.82) is 0 Å². The topological polar surface area (TPSA) is 109 Å². The number of benzene rings is 2. The van der Waals surface area contributed by atoms with E-state index < -0.39 is 10.0 Å². The fraction of sp³-hybridized carbons (Fsp3) is 0.462. The van der Waals surface area contributed by atoms with Crippen LogP contribution in [0.1, 0.15) is 46.5 Å². The third-order valence-electron chi connectivity index (χ3n) is 6.46. The van der Waals surface area contributed by atoms with Gasteiger partial charge in [0.2, 0.25) is 5.91 Å². The van der Waals surface area contributed by atoms with E-state index in [1.54, 1.807) is 31.2 Å². The minimum atomic E-state index is -3.80. The minimum Gasteiger partial charge on any atom is -0.383 e. The summed E-state index contributed by atoms with van der Waals surface area (Å²) in [5, 5.41) is 6.23. The van der Waals surface area contributed by atoms with E-state index in [0.29, 0.717) is 23.7 Å². The Morgan fingerprint density at radius 1 is 1.09 bits per heavy atom.